The maximum atomic E-state index is 13.3. The van der Waals surface area contributed by atoms with Crippen molar-refractivity contribution in [2.24, 2.45) is 0 Å². The van der Waals surface area contributed by atoms with Crippen molar-refractivity contribution in [1.82, 2.24) is 0 Å². The van der Waals surface area contributed by atoms with E-state index in [-0.39, 0.29) is 5.56 Å². The van der Waals surface area contributed by atoms with Crippen LogP contribution in [0.4, 0.5) is 4.39 Å². The molecular weight excluding hydrogens is 293 g/mol. The van der Waals surface area contributed by atoms with Crippen LogP contribution in [-0.4, -0.2) is 5.97 Å². The van der Waals surface area contributed by atoms with Gasteiger partial charge in [0.15, 0.2) is 0 Å². The highest BCUT2D eigenvalue weighted by Gasteiger charge is 2.06. The highest BCUT2D eigenvalue weighted by molar-refractivity contribution is 5.84. The van der Waals surface area contributed by atoms with Crippen LogP contribution >= 0.6 is 0 Å². The average Bonchev–Trinajstić information content (AvgIpc) is 2.56. The summed E-state index contributed by atoms with van der Waals surface area (Å²) in [5, 5.41) is 8.86. The van der Waals surface area contributed by atoms with Crippen molar-refractivity contribution < 1.29 is 13.9 Å². The van der Waals surface area contributed by atoms with Gasteiger partial charge in [-0.05, 0) is 42.3 Å². The van der Waals surface area contributed by atoms with Gasteiger partial charge in [0.2, 0.25) is 0 Å². The lowest BCUT2D eigenvalue weighted by atomic mass is 10.0. The van der Waals surface area contributed by atoms with Crippen LogP contribution in [0.5, 0.6) is 5.75 Å². The number of nitrogens with zero attached hydrogens (tertiary/aromatic N) is 1. The number of esters is 1. The summed E-state index contributed by atoms with van der Waals surface area (Å²) in [5.41, 5.74) is 1.51. The van der Waals surface area contributed by atoms with E-state index < -0.39 is 11.8 Å². The van der Waals surface area contributed by atoms with Gasteiger partial charge in [-0.1, -0.05) is 36.4 Å². The molecule has 0 spiro atoms. The minimum Gasteiger partial charge on any atom is -0.423 e. The molecule has 0 N–H and O–H groups in total. The number of nitriles is 1. The van der Waals surface area contributed by atoms with Crippen LogP contribution in [0, 0.1) is 17.1 Å². The molecule has 0 aliphatic carbocycles. The summed E-state index contributed by atoms with van der Waals surface area (Å²) in [5.74, 6) is -0.606. The molecule has 4 heteroatoms. The molecule has 0 amide bonds. The Balaban J connectivity index is 2.14. The Kier molecular flexibility index (Phi) is 5.43. The highest BCUT2D eigenvalue weighted by Crippen LogP contribution is 2.24. The molecule has 0 unspecified atom stereocenters. The molecule has 0 fully saturated rings. The molecule has 2 rings (SSSR count). The van der Waals surface area contributed by atoms with E-state index >= 15 is 0 Å². The van der Waals surface area contributed by atoms with Gasteiger partial charge in [0, 0.05) is 6.08 Å². The topological polar surface area (TPSA) is 50.1 Å². The second-order valence-electron chi connectivity index (χ2n) is 4.64. The molecule has 0 saturated heterocycles. The van der Waals surface area contributed by atoms with Gasteiger partial charge in [0.05, 0.1) is 5.56 Å². The Hall–Kier alpha value is -3.19. The van der Waals surface area contributed by atoms with E-state index in [2.05, 4.69) is 0 Å². The van der Waals surface area contributed by atoms with Gasteiger partial charge >= 0.3 is 5.97 Å². The second-order valence-corrected chi connectivity index (χ2v) is 4.64. The summed E-state index contributed by atoms with van der Waals surface area (Å²) in [7, 11) is 0. The van der Waals surface area contributed by atoms with Crippen molar-refractivity contribution in [3.8, 4) is 22.9 Å². The summed E-state index contributed by atoms with van der Waals surface area (Å²) >= 11 is 0. The molecule has 2 aromatic carbocycles. The van der Waals surface area contributed by atoms with E-state index in [0.29, 0.717) is 11.3 Å². The van der Waals surface area contributed by atoms with E-state index in [1.165, 1.54) is 18.2 Å². The Morgan fingerprint density at radius 3 is 2.48 bits per heavy atom. The zero-order valence-corrected chi connectivity index (χ0v) is 12.5. The number of halogens is 1. The molecule has 0 aliphatic rings. The van der Waals surface area contributed by atoms with Gasteiger partial charge in [0.1, 0.15) is 17.6 Å². The van der Waals surface area contributed by atoms with E-state index in [1.54, 1.807) is 48.6 Å². The van der Waals surface area contributed by atoms with Gasteiger partial charge < -0.3 is 4.74 Å². The Morgan fingerprint density at radius 2 is 1.83 bits per heavy atom. The SMILES string of the molecule is C/C=C/C=C/C(=O)Oc1ccc(-c2ccc(F)c(C#N)c2)cc1. The fraction of sp³-hybridized carbons (Fsp3) is 0.0526. The van der Waals surface area contributed by atoms with Crippen LogP contribution in [0.1, 0.15) is 12.5 Å². The van der Waals surface area contributed by atoms with Crippen LogP contribution in [0.3, 0.4) is 0 Å². The number of allylic oxidation sites excluding steroid dienone is 3. The molecule has 23 heavy (non-hydrogen) atoms. The van der Waals surface area contributed by atoms with Gasteiger partial charge in [0.25, 0.3) is 0 Å². The zero-order chi connectivity index (χ0) is 16.7. The van der Waals surface area contributed by atoms with E-state index in [0.717, 1.165) is 5.56 Å². The maximum absolute atomic E-state index is 13.3. The standard InChI is InChI=1S/C19H14FNO2/c1-2-3-4-5-19(22)23-17-9-6-14(7-10-17)15-8-11-18(20)16(12-15)13-21/h2-12H,1H3/b3-2+,5-4+. The van der Waals surface area contributed by atoms with E-state index in [4.69, 9.17) is 10.00 Å². The van der Waals surface area contributed by atoms with Crippen LogP contribution in [0.25, 0.3) is 11.1 Å². The predicted molar refractivity (Wildman–Crippen MR) is 86.1 cm³/mol. The normalized spacial score (nSPS) is 10.8. The third-order valence-corrected chi connectivity index (χ3v) is 3.03. The summed E-state index contributed by atoms with van der Waals surface area (Å²) < 4.78 is 18.5. The first-order valence-corrected chi connectivity index (χ1v) is 6.95. The largest absolute Gasteiger partial charge is 0.423 e. The Morgan fingerprint density at radius 1 is 1.13 bits per heavy atom. The summed E-state index contributed by atoms with van der Waals surface area (Å²) in [6, 6.07) is 12.9. The fourth-order valence-electron chi connectivity index (χ4n) is 1.90. The lowest BCUT2D eigenvalue weighted by Crippen LogP contribution is -2.03. The molecule has 0 bridgehead atoms. The molecular formula is C19H14FNO2. The third-order valence-electron chi connectivity index (χ3n) is 3.03. The second kappa shape index (κ2) is 7.71. The van der Waals surface area contributed by atoms with Gasteiger partial charge in [-0.15, -0.1) is 0 Å². The Labute approximate surface area is 133 Å². The molecule has 0 atom stereocenters. The summed E-state index contributed by atoms with van der Waals surface area (Å²) in [6.45, 7) is 1.85. The minimum absolute atomic E-state index is 0.00730. The molecule has 2 aromatic rings. The monoisotopic (exact) mass is 307 g/mol. The van der Waals surface area contributed by atoms with E-state index in [9.17, 15) is 9.18 Å². The first-order chi connectivity index (χ1) is 11.1. The number of rotatable bonds is 4. The maximum Gasteiger partial charge on any atom is 0.336 e. The zero-order valence-electron chi connectivity index (χ0n) is 12.5. The number of benzene rings is 2. The number of ether oxygens (including phenoxy) is 1. The van der Waals surface area contributed by atoms with Crippen LogP contribution in [-0.2, 0) is 4.79 Å². The lowest BCUT2D eigenvalue weighted by Gasteiger charge is -2.05. The van der Waals surface area contributed by atoms with E-state index in [1.807, 2.05) is 13.0 Å². The van der Waals surface area contributed by atoms with Gasteiger partial charge in [-0.3, -0.25) is 0 Å². The average molecular weight is 307 g/mol. The molecule has 0 saturated carbocycles. The van der Waals surface area contributed by atoms with Crippen LogP contribution in [0.2, 0.25) is 0 Å². The number of carbonyl (C=O) groups excluding carboxylic acids is 1. The summed E-state index contributed by atoms with van der Waals surface area (Å²) in [4.78, 5) is 11.5. The highest BCUT2D eigenvalue weighted by atomic mass is 19.1. The summed E-state index contributed by atoms with van der Waals surface area (Å²) in [6.07, 6.45) is 6.45. The molecule has 3 nitrogen and oxygen atoms in total. The molecule has 114 valence electrons. The number of hydrogen-bond acceptors (Lipinski definition) is 3. The number of hydrogen-bond donors (Lipinski definition) is 0. The van der Waals surface area contributed by atoms with Gasteiger partial charge in [-0.2, -0.15) is 5.26 Å². The molecule has 0 heterocycles. The van der Waals surface area contributed by atoms with Crippen LogP contribution < -0.4 is 4.74 Å². The van der Waals surface area contributed by atoms with Crippen molar-refractivity contribution >= 4 is 5.97 Å². The number of carbonyl (C=O) groups is 1. The molecule has 0 aliphatic heterocycles. The van der Waals surface area contributed by atoms with Crippen molar-refractivity contribution in [1.29, 1.82) is 5.26 Å². The van der Waals surface area contributed by atoms with Crippen molar-refractivity contribution in [2.45, 2.75) is 6.92 Å². The smallest absolute Gasteiger partial charge is 0.336 e. The quantitative estimate of drug-likeness (QED) is 0.364. The van der Waals surface area contributed by atoms with Crippen molar-refractivity contribution in [3.63, 3.8) is 0 Å². The predicted octanol–water partition coefficient (Wildman–Crippen LogP) is 4.40. The first-order valence-electron chi connectivity index (χ1n) is 6.95. The lowest BCUT2D eigenvalue weighted by molar-refractivity contribution is -0.128. The first kappa shape index (κ1) is 16.2. The van der Waals surface area contributed by atoms with Gasteiger partial charge in [-0.25, -0.2) is 9.18 Å². The molecule has 0 radical (unpaired) electrons. The van der Waals surface area contributed by atoms with Crippen molar-refractivity contribution in [2.75, 3.05) is 0 Å². The third kappa shape index (κ3) is 4.39. The molecule has 0 aromatic heterocycles. The van der Waals surface area contributed by atoms with Crippen molar-refractivity contribution in [3.05, 3.63) is 78.1 Å². The minimum atomic E-state index is -0.547. The van der Waals surface area contributed by atoms with Crippen LogP contribution in [0.15, 0.2) is 66.8 Å². The fourth-order valence-corrected chi connectivity index (χ4v) is 1.90. The Bertz CT molecular complexity index is 799.